The topological polar surface area (TPSA) is 111 Å². The monoisotopic (exact) mass is 396 g/mol. The van der Waals surface area contributed by atoms with E-state index in [4.69, 9.17) is 9.47 Å². The van der Waals surface area contributed by atoms with E-state index >= 15 is 0 Å². The van der Waals surface area contributed by atoms with Gasteiger partial charge in [0.05, 0.1) is 13.0 Å². The summed E-state index contributed by atoms with van der Waals surface area (Å²) >= 11 is 0. The van der Waals surface area contributed by atoms with Gasteiger partial charge in [-0.25, -0.2) is 0 Å². The summed E-state index contributed by atoms with van der Waals surface area (Å²) in [5, 5.41) is 5.16. The molecule has 1 atom stereocenters. The van der Waals surface area contributed by atoms with Gasteiger partial charge in [0.1, 0.15) is 12.3 Å². The van der Waals surface area contributed by atoms with Crippen molar-refractivity contribution in [3.8, 4) is 5.75 Å². The first-order chi connectivity index (χ1) is 13.9. The second-order valence-corrected chi connectivity index (χ2v) is 6.51. The highest BCUT2D eigenvalue weighted by Crippen LogP contribution is 2.32. The van der Waals surface area contributed by atoms with Crippen LogP contribution in [0.2, 0.25) is 0 Å². The molecule has 0 saturated heterocycles. The number of esters is 1. The van der Waals surface area contributed by atoms with E-state index in [1.165, 1.54) is 7.11 Å². The number of rotatable bonds is 7. The Kier molecular flexibility index (Phi) is 5.92. The van der Waals surface area contributed by atoms with Crippen molar-refractivity contribution in [3.63, 3.8) is 0 Å². The van der Waals surface area contributed by atoms with Crippen LogP contribution >= 0.6 is 0 Å². The van der Waals surface area contributed by atoms with Gasteiger partial charge in [0.15, 0.2) is 12.4 Å². The number of ether oxygens (including phenoxy) is 2. The van der Waals surface area contributed by atoms with Crippen LogP contribution in [0.4, 0.5) is 5.69 Å². The third-order valence-electron chi connectivity index (χ3n) is 4.58. The molecule has 0 radical (unpaired) electrons. The number of hydrogen-bond acceptors (Lipinski definition) is 6. The molecular formula is C21H20N2O6. The first kappa shape index (κ1) is 20.1. The lowest BCUT2D eigenvalue weighted by atomic mass is 9.99. The first-order valence-electron chi connectivity index (χ1n) is 8.95. The van der Waals surface area contributed by atoms with Crippen LogP contribution in [-0.2, 0) is 14.3 Å². The van der Waals surface area contributed by atoms with E-state index < -0.39 is 24.3 Å². The van der Waals surface area contributed by atoms with E-state index in [0.29, 0.717) is 22.6 Å². The molecular weight excluding hydrogens is 376 g/mol. The molecule has 0 fully saturated rings. The van der Waals surface area contributed by atoms with Crippen LogP contribution in [0, 0.1) is 0 Å². The predicted octanol–water partition coefficient (Wildman–Crippen LogP) is 1.91. The zero-order valence-electron chi connectivity index (χ0n) is 16.0. The molecule has 0 unspecified atom stereocenters. The number of carbonyl (C=O) groups excluding carboxylic acids is 4. The number of carbonyl (C=O) groups is 4. The summed E-state index contributed by atoms with van der Waals surface area (Å²) in [4.78, 5) is 47.9. The molecule has 0 saturated carbocycles. The molecule has 3 rings (SSSR count). The fraction of sp³-hybridized carbons (Fsp3) is 0.238. The molecule has 2 amide bonds. The standard InChI is InChI=1S/C21H20N2O6/c1-12-16-9-13(6-7-17(16)23-20(12)26)18(24)11-29-19(25)10-22-21(27)14-4-3-5-15(8-14)28-2/h3-9,12H,10-11H2,1-2H3,(H,22,27)(H,23,26)/t12-/m0/s1. The van der Waals surface area contributed by atoms with E-state index in [1.54, 1.807) is 49.4 Å². The number of methoxy groups -OCH3 is 1. The van der Waals surface area contributed by atoms with Crippen LogP contribution in [-0.4, -0.2) is 43.8 Å². The summed E-state index contributed by atoms with van der Waals surface area (Å²) in [5.41, 5.74) is 2.10. The highest BCUT2D eigenvalue weighted by atomic mass is 16.5. The van der Waals surface area contributed by atoms with Gasteiger partial charge in [-0.05, 0) is 48.9 Å². The van der Waals surface area contributed by atoms with E-state index in [2.05, 4.69) is 10.6 Å². The lowest BCUT2D eigenvalue weighted by Gasteiger charge is -2.08. The number of fused-ring (bicyclic) bond motifs is 1. The maximum atomic E-state index is 12.3. The average Bonchev–Trinajstić information content (AvgIpc) is 3.03. The third kappa shape index (κ3) is 4.60. The second kappa shape index (κ2) is 8.55. The molecule has 0 aromatic heterocycles. The predicted molar refractivity (Wildman–Crippen MR) is 104 cm³/mol. The normalized spacial score (nSPS) is 14.6. The van der Waals surface area contributed by atoms with Gasteiger partial charge in [0.2, 0.25) is 5.91 Å². The maximum absolute atomic E-state index is 12.3. The molecule has 2 aromatic rings. The number of Topliss-reactive ketones (excluding diaryl/α,β-unsaturated/α-hetero) is 1. The highest BCUT2D eigenvalue weighted by molar-refractivity contribution is 6.05. The highest BCUT2D eigenvalue weighted by Gasteiger charge is 2.27. The Hall–Kier alpha value is -3.68. The summed E-state index contributed by atoms with van der Waals surface area (Å²) in [6.07, 6.45) is 0. The zero-order valence-corrected chi connectivity index (χ0v) is 16.0. The summed E-state index contributed by atoms with van der Waals surface area (Å²) in [6.45, 7) is 0.922. The number of anilines is 1. The van der Waals surface area contributed by atoms with Crippen LogP contribution in [0.1, 0.15) is 39.1 Å². The number of nitrogens with one attached hydrogen (secondary N) is 2. The molecule has 0 aliphatic carbocycles. The van der Waals surface area contributed by atoms with Crippen molar-refractivity contribution < 1.29 is 28.7 Å². The lowest BCUT2D eigenvalue weighted by Crippen LogP contribution is -2.31. The largest absolute Gasteiger partial charge is 0.497 e. The van der Waals surface area contributed by atoms with Gasteiger partial charge in [-0.1, -0.05) is 6.07 Å². The van der Waals surface area contributed by atoms with Gasteiger partial charge in [0, 0.05) is 16.8 Å². The molecule has 1 aliphatic heterocycles. The van der Waals surface area contributed by atoms with E-state index in [9.17, 15) is 19.2 Å². The molecule has 1 heterocycles. The lowest BCUT2D eigenvalue weighted by molar-refractivity contribution is -0.141. The van der Waals surface area contributed by atoms with Gasteiger partial charge < -0.3 is 20.1 Å². The number of benzene rings is 2. The van der Waals surface area contributed by atoms with Gasteiger partial charge in [-0.2, -0.15) is 0 Å². The van der Waals surface area contributed by atoms with Crippen molar-refractivity contribution in [2.75, 3.05) is 25.6 Å². The van der Waals surface area contributed by atoms with Crippen molar-refractivity contribution >= 4 is 29.3 Å². The number of ketones is 1. The van der Waals surface area contributed by atoms with Gasteiger partial charge >= 0.3 is 5.97 Å². The zero-order chi connectivity index (χ0) is 21.0. The molecule has 0 spiro atoms. The summed E-state index contributed by atoms with van der Waals surface area (Å²) < 4.78 is 9.99. The van der Waals surface area contributed by atoms with Crippen LogP contribution < -0.4 is 15.4 Å². The minimum atomic E-state index is -0.735. The summed E-state index contributed by atoms with van der Waals surface area (Å²) in [6, 6.07) is 11.3. The second-order valence-electron chi connectivity index (χ2n) is 6.51. The Morgan fingerprint density at radius 1 is 1.10 bits per heavy atom. The first-order valence-corrected chi connectivity index (χ1v) is 8.95. The molecule has 8 heteroatoms. The van der Waals surface area contributed by atoms with E-state index in [-0.39, 0.29) is 18.4 Å². The Labute approximate surface area is 167 Å². The van der Waals surface area contributed by atoms with Gasteiger partial charge in [-0.3, -0.25) is 19.2 Å². The number of amides is 2. The van der Waals surface area contributed by atoms with Crippen molar-refractivity contribution in [2.24, 2.45) is 0 Å². The Bertz CT molecular complexity index is 985. The molecule has 29 heavy (non-hydrogen) atoms. The molecule has 150 valence electrons. The Morgan fingerprint density at radius 2 is 1.90 bits per heavy atom. The molecule has 1 aliphatic rings. The smallest absolute Gasteiger partial charge is 0.325 e. The van der Waals surface area contributed by atoms with Crippen molar-refractivity contribution in [2.45, 2.75) is 12.8 Å². The van der Waals surface area contributed by atoms with Crippen LogP contribution in [0.25, 0.3) is 0 Å². The van der Waals surface area contributed by atoms with Crippen molar-refractivity contribution in [1.82, 2.24) is 5.32 Å². The fourth-order valence-corrected chi connectivity index (χ4v) is 2.89. The molecule has 2 N–H and O–H groups in total. The van der Waals surface area contributed by atoms with E-state index in [1.807, 2.05) is 0 Å². The minimum absolute atomic E-state index is 0.122. The Balaban J connectivity index is 1.50. The van der Waals surface area contributed by atoms with Gasteiger partial charge in [0.25, 0.3) is 5.91 Å². The summed E-state index contributed by atoms with van der Waals surface area (Å²) in [7, 11) is 1.49. The van der Waals surface area contributed by atoms with E-state index in [0.717, 1.165) is 5.56 Å². The average molecular weight is 396 g/mol. The van der Waals surface area contributed by atoms with Crippen LogP contribution in [0.15, 0.2) is 42.5 Å². The number of hydrogen-bond donors (Lipinski definition) is 2. The molecule has 8 nitrogen and oxygen atoms in total. The minimum Gasteiger partial charge on any atom is -0.497 e. The quantitative estimate of drug-likeness (QED) is 0.546. The van der Waals surface area contributed by atoms with Crippen LogP contribution in [0.3, 0.4) is 0 Å². The molecule has 2 aromatic carbocycles. The van der Waals surface area contributed by atoms with Crippen LogP contribution in [0.5, 0.6) is 5.75 Å². The SMILES string of the molecule is COc1cccc(C(=O)NCC(=O)OCC(=O)c2ccc3c(c2)[C@H](C)C(=O)N3)c1. The van der Waals surface area contributed by atoms with Gasteiger partial charge in [-0.15, -0.1) is 0 Å². The maximum Gasteiger partial charge on any atom is 0.325 e. The fourth-order valence-electron chi connectivity index (χ4n) is 2.89. The summed E-state index contributed by atoms with van der Waals surface area (Å²) in [5.74, 6) is -1.54. The Morgan fingerprint density at radius 3 is 2.66 bits per heavy atom. The van der Waals surface area contributed by atoms with Crippen molar-refractivity contribution in [3.05, 3.63) is 59.2 Å². The third-order valence-corrected chi connectivity index (χ3v) is 4.58. The van der Waals surface area contributed by atoms with Crippen molar-refractivity contribution in [1.29, 1.82) is 0 Å². The molecule has 0 bridgehead atoms.